The van der Waals surface area contributed by atoms with E-state index in [2.05, 4.69) is 31.9 Å². The van der Waals surface area contributed by atoms with Gasteiger partial charge in [0.2, 0.25) is 0 Å². The lowest BCUT2D eigenvalue weighted by atomic mass is 9.66. The zero-order chi connectivity index (χ0) is 98.0. The number of benzene rings is 4. The van der Waals surface area contributed by atoms with Gasteiger partial charge < -0.3 is 106 Å². The van der Waals surface area contributed by atoms with E-state index in [9.17, 15) is 47.0 Å². The zero-order valence-corrected chi connectivity index (χ0v) is 84.4. The summed E-state index contributed by atoms with van der Waals surface area (Å²) in [5.74, 6) is 0.731. The minimum Gasteiger partial charge on any atom is -0.457 e. The fourth-order valence-electron chi connectivity index (χ4n) is 22.8. The summed E-state index contributed by atoms with van der Waals surface area (Å²) in [7, 11) is 10.6. The van der Waals surface area contributed by atoms with Crippen molar-refractivity contribution in [1.82, 2.24) is 51.5 Å². The van der Waals surface area contributed by atoms with Crippen LogP contribution in [0.15, 0.2) is 91.0 Å². The van der Waals surface area contributed by atoms with E-state index in [4.69, 9.17) is 44.6 Å². The molecular weight excluding hydrogens is 1750 g/mol. The van der Waals surface area contributed by atoms with Gasteiger partial charge in [0, 0.05) is 212 Å². The molecule has 0 unspecified atom stereocenters. The number of methoxy groups -OCH3 is 4. The van der Waals surface area contributed by atoms with Crippen molar-refractivity contribution < 1.29 is 80.1 Å². The summed E-state index contributed by atoms with van der Waals surface area (Å²) < 4.78 is 94.9. The zero-order valence-electron chi connectivity index (χ0n) is 84.4. The fourth-order valence-corrected chi connectivity index (χ4v) is 22.8. The third kappa shape index (κ3) is 38.0. The topological polar surface area (TPSA) is 311 Å². The summed E-state index contributed by atoms with van der Waals surface area (Å²) in [6, 6.07) is 24.9. The molecule has 0 radical (unpaired) electrons. The molecule has 774 valence electrons. The molecule has 4 aliphatic carbocycles. The number of ether oxygens (including phenoxy) is 7. The summed E-state index contributed by atoms with van der Waals surface area (Å²) in [6.45, 7) is 12.7. The largest absolute Gasteiger partial charge is 0.457 e. The van der Waals surface area contributed by atoms with E-state index in [1.54, 1.807) is 39.4 Å². The molecule has 4 saturated carbocycles. The summed E-state index contributed by atoms with van der Waals surface area (Å²) in [6.07, 6.45) is 40.6. The van der Waals surface area contributed by atoms with E-state index in [1.807, 2.05) is 90.3 Å². The molecule has 25 nitrogen and oxygen atoms in total. The predicted molar refractivity (Wildman–Crippen MR) is 535 cm³/mol. The first-order valence-electron chi connectivity index (χ1n) is 52.8. The molecular formula is C108H176F4N12O13. The molecule has 0 aromatic heterocycles. The van der Waals surface area contributed by atoms with Gasteiger partial charge in [-0.15, -0.1) is 0 Å². The van der Waals surface area contributed by atoms with Crippen LogP contribution >= 0.6 is 0 Å². The maximum absolute atomic E-state index is 14.7. The number of nitrogens with two attached hydrogens (primary N) is 2. The molecule has 4 aliphatic heterocycles. The Hall–Kier alpha value is -7.00. The number of aliphatic hydroxyl groups is 2. The highest BCUT2D eigenvalue weighted by atomic mass is 19.2. The normalized spacial score (nSPS) is 21.7. The molecule has 4 heterocycles. The minimum atomic E-state index is -1.13. The van der Waals surface area contributed by atoms with E-state index in [1.165, 1.54) is 134 Å². The third-order valence-corrected chi connectivity index (χ3v) is 30.1. The molecule has 4 aromatic rings. The van der Waals surface area contributed by atoms with Crippen LogP contribution in [0.4, 0.5) is 36.7 Å². The average molecular weight is 1930 g/mol. The number of rotatable bonds is 46. The Morgan fingerprint density at radius 1 is 0.423 bits per heavy atom. The Morgan fingerprint density at radius 2 is 0.861 bits per heavy atom. The highest BCUT2D eigenvalue weighted by Crippen LogP contribution is 2.47. The standard InChI is InChI=1S/C28H41N3O4.C28H53N3O3.2C26H41F2N3O3/c1-22(20-29-2)30-27(32)31-18-11-12-23(21-31)28(33,17-9-10-19-34-3)25-15-7-8-16-26(25)35-24-13-5-4-6-14-24;1-29-21-26(20-23-12-5-3-6-13-23)30-27(32)31-18-11-16-25(22-31)28(33,17-9-10-19-34-2)24-14-7-4-8-15-24;1-33-13-6-14-34-25(20-10-11-23(27)24(28)16-20)21-9-5-12-31(18-21)26(32)30-22(17-29)15-19-7-3-2-4-8-19;1-33-13-6-14-34-25(23-11-10-21(27)16-24(23)28)20-9-5-12-31(18-20)26(32)30-22(17-29)15-19-7-3-2-4-8-19/h4-8,13-16,22-23,29,33H,9-12,17-21H2,1-3H3,(H,30,32);23-26,29,33H,3-22H2,1-2H3,(H,30,32);10-11,16,19,21-22,25H,2-9,12-15,17-18,29H2,1H3,(H,30,32);10-11,16,19-20,22,25H,2-9,12-15,17-18,29H2,1H3,(H,30,32)/t22-,23+,28-;25-,26+,28-;21-,22+,25+;20-,22+,25-/m0111/s1. The number of likely N-dealkylation sites (tertiary alicyclic amines) is 4. The van der Waals surface area contributed by atoms with Gasteiger partial charge in [0.05, 0.1) is 23.4 Å². The van der Waals surface area contributed by atoms with Crippen molar-refractivity contribution in [3.8, 4) is 11.5 Å². The van der Waals surface area contributed by atoms with Crippen LogP contribution in [-0.4, -0.2) is 244 Å². The van der Waals surface area contributed by atoms with Gasteiger partial charge in [-0.2, -0.15) is 0 Å². The van der Waals surface area contributed by atoms with Crippen molar-refractivity contribution in [3.05, 3.63) is 131 Å². The van der Waals surface area contributed by atoms with Gasteiger partial charge >= 0.3 is 24.1 Å². The summed E-state index contributed by atoms with van der Waals surface area (Å²) >= 11 is 0. The lowest BCUT2D eigenvalue weighted by molar-refractivity contribution is -0.104. The molecule has 8 aliphatic rings. The Kier molecular flexibility index (Phi) is 52.3. The van der Waals surface area contributed by atoms with Gasteiger partial charge in [0.15, 0.2) is 11.6 Å². The number of urea groups is 4. The van der Waals surface area contributed by atoms with Gasteiger partial charge in [-0.25, -0.2) is 36.7 Å². The number of piperidine rings is 4. The number of halogens is 4. The van der Waals surface area contributed by atoms with Crippen molar-refractivity contribution >= 4 is 24.1 Å². The van der Waals surface area contributed by atoms with Crippen molar-refractivity contribution in [2.75, 3.05) is 161 Å². The number of nitrogens with one attached hydrogen (secondary N) is 6. The second-order valence-electron chi connectivity index (χ2n) is 40.5. The number of carbonyl (C=O) groups excluding carboxylic acids is 4. The highest BCUT2D eigenvalue weighted by Gasteiger charge is 2.47. The quantitative estimate of drug-likeness (QED) is 0.0145. The first kappa shape index (κ1) is 114. The molecule has 137 heavy (non-hydrogen) atoms. The number of carbonyl (C=O) groups is 4. The van der Waals surface area contributed by atoms with Crippen LogP contribution < -0.4 is 48.1 Å². The molecule has 4 saturated heterocycles. The monoisotopic (exact) mass is 1930 g/mol. The number of hydrogen-bond donors (Lipinski definition) is 10. The van der Waals surface area contributed by atoms with Crippen LogP contribution in [0, 0.1) is 70.6 Å². The van der Waals surface area contributed by atoms with Crippen LogP contribution in [0.3, 0.4) is 0 Å². The first-order valence-corrected chi connectivity index (χ1v) is 52.8. The number of nitrogens with zero attached hydrogens (tertiary/aromatic N) is 4. The summed E-state index contributed by atoms with van der Waals surface area (Å²) in [5.41, 5.74) is 11.9. The predicted octanol–water partition coefficient (Wildman–Crippen LogP) is 19.2. The maximum atomic E-state index is 14.7. The average Bonchev–Trinajstić information content (AvgIpc) is 0.779. The number of para-hydroxylation sites is 2. The molecule has 29 heteroatoms. The van der Waals surface area contributed by atoms with Crippen LogP contribution in [0.25, 0.3) is 0 Å². The lowest BCUT2D eigenvalue weighted by Gasteiger charge is -2.48. The van der Waals surface area contributed by atoms with Gasteiger partial charge in [-0.05, 0) is 221 Å². The van der Waals surface area contributed by atoms with E-state index >= 15 is 0 Å². The number of amides is 8. The molecule has 12 atom stereocenters. The fraction of sp³-hybridized carbons (Fsp3) is 0.741. The van der Waals surface area contributed by atoms with E-state index in [0.29, 0.717) is 152 Å². The summed E-state index contributed by atoms with van der Waals surface area (Å²) in [4.78, 5) is 60.0. The van der Waals surface area contributed by atoms with Crippen molar-refractivity contribution in [2.45, 2.75) is 305 Å². The van der Waals surface area contributed by atoms with Gasteiger partial charge in [0.25, 0.3) is 0 Å². The Labute approximate surface area is 818 Å². The molecule has 4 aromatic carbocycles. The number of unbranched alkanes of at least 4 members (excludes halogenated alkanes) is 2. The highest BCUT2D eigenvalue weighted by molar-refractivity contribution is 5.76. The van der Waals surface area contributed by atoms with E-state index in [0.717, 1.165) is 165 Å². The van der Waals surface area contributed by atoms with Crippen molar-refractivity contribution in [1.29, 1.82) is 0 Å². The molecule has 8 amide bonds. The van der Waals surface area contributed by atoms with Crippen molar-refractivity contribution in [2.24, 2.45) is 58.8 Å². The van der Waals surface area contributed by atoms with Crippen LogP contribution in [-0.2, 0) is 34.0 Å². The van der Waals surface area contributed by atoms with E-state index < -0.39 is 46.7 Å². The van der Waals surface area contributed by atoms with Gasteiger partial charge in [-0.3, -0.25) is 0 Å². The second-order valence-corrected chi connectivity index (χ2v) is 40.5. The Bertz CT molecular complexity index is 4010. The maximum Gasteiger partial charge on any atom is 0.317 e. The Balaban J connectivity index is 0.000000205. The molecule has 8 fully saturated rings. The smallest absolute Gasteiger partial charge is 0.317 e. The lowest BCUT2D eigenvalue weighted by Crippen LogP contribution is -2.56. The second kappa shape index (κ2) is 63.1. The molecule has 0 spiro atoms. The SMILES string of the molecule is CNC[C@H](C)NC(=O)N1CCC[C@@H]([C@@](O)(CCCCOC)c2ccccc2Oc2ccccc2)C1.CNC[C@H](CC1CCCCC1)NC(=O)N1CCC[C@@H]([C@@](O)(CCCCOC)C2CCCCC2)C1.COCCCO[C@@H](c1ccc(F)c(F)c1)[C@@H]1CCCN(C(=O)N[C@H](CN)CC2CCCCC2)C1.COCCCO[C@@H](c1ccc(F)cc1F)[C@@H]1CCCN(C(=O)N[C@H](CN)CC2CCCCC2)C1. The number of hydrogen-bond acceptors (Lipinski definition) is 17. The first-order chi connectivity index (χ1) is 66.6. The van der Waals surface area contributed by atoms with Crippen LogP contribution in [0.5, 0.6) is 11.5 Å². The Morgan fingerprint density at radius 3 is 1.37 bits per heavy atom. The third-order valence-electron chi connectivity index (χ3n) is 30.1. The van der Waals surface area contributed by atoms with E-state index in [-0.39, 0.29) is 72.0 Å². The van der Waals surface area contributed by atoms with Crippen LogP contribution in [0.1, 0.15) is 286 Å². The molecule has 12 rings (SSSR count). The number of likely N-dealkylation sites (N-methyl/N-ethyl adjacent to an activating group) is 2. The van der Waals surface area contributed by atoms with Gasteiger partial charge in [-0.1, -0.05) is 164 Å². The molecule has 12 N–H and O–H groups in total. The molecule has 0 bridgehead atoms. The van der Waals surface area contributed by atoms with Crippen molar-refractivity contribution in [3.63, 3.8) is 0 Å². The summed E-state index contributed by atoms with van der Waals surface area (Å²) in [5, 5.41) is 43.6. The van der Waals surface area contributed by atoms with Crippen LogP contribution in [0.2, 0.25) is 0 Å². The minimum absolute atomic E-state index is 0.0124. The van der Waals surface area contributed by atoms with Gasteiger partial charge in [0.1, 0.15) is 23.1 Å².